The molecule has 96 valence electrons. The Hall–Kier alpha value is -0.530. The molecular weight excluding hydrogens is 200 g/mol. The van der Waals surface area contributed by atoms with E-state index < -0.39 is 5.97 Å². The highest BCUT2D eigenvalue weighted by Gasteiger charge is 2.21. The van der Waals surface area contributed by atoms with Gasteiger partial charge in [-0.15, -0.1) is 0 Å². The predicted molar refractivity (Wildman–Crippen MR) is 68.6 cm³/mol. The van der Waals surface area contributed by atoms with Crippen molar-refractivity contribution in [3.8, 4) is 0 Å². The Morgan fingerprint density at radius 2 is 1.50 bits per heavy atom. The van der Waals surface area contributed by atoms with Crippen molar-refractivity contribution in [1.29, 1.82) is 0 Å². The Morgan fingerprint density at radius 1 is 1.00 bits per heavy atom. The topological polar surface area (TPSA) is 37.3 Å². The summed E-state index contributed by atoms with van der Waals surface area (Å²) < 4.78 is 0. The Kier molecular flexibility index (Phi) is 9.36. The molecule has 0 bridgehead atoms. The molecule has 0 saturated heterocycles. The molecular formula is C14H28O2. The monoisotopic (exact) mass is 228 g/mol. The molecule has 0 fully saturated rings. The van der Waals surface area contributed by atoms with Crippen LogP contribution in [0.1, 0.15) is 72.1 Å². The molecule has 1 atom stereocenters. The first kappa shape index (κ1) is 15.5. The first-order valence-electron chi connectivity index (χ1n) is 6.87. The SMILES string of the molecule is CCCCC(CCCC)C(CC)CC(=O)O. The van der Waals surface area contributed by atoms with Gasteiger partial charge >= 0.3 is 5.97 Å². The van der Waals surface area contributed by atoms with Gasteiger partial charge in [0.05, 0.1) is 0 Å². The normalized spacial score (nSPS) is 13.0. The molecule has 0 aromatic rings. The zero-order chi connectivity index (χ0) is 12.4. The number of hydrogen-bond acceptors (Lipinski definition) is 1. The predicted octanol–water partition coefficient (Wildman–Crippen LogP) is 4.48. The first-order valence-corrected chi connectivity index (χ1v) is 6.87. The lowest BCUT2D eigenvalue weighted by atomic mass is 9.81. The highest BCUT2D eigenvalue weighted by atomic mass is 16.4. The lowest BCUT2D eigenvalue weighted by molar-refractivity contribution is -0.138. The van der Waals surface area contributed by atoms with Crippen molar-refractivity contribution in [2.24, 2.45) is 11.8 Å². The molecule has 2 heteroatoms. The fraction of sp³-hybridized carbons (Fsp3) is 0.929. The Morgan fingerprint density at radius 3 is 1.81 bits per heavy atom. The van der Waals surface area contributed by atoms with Crippen molar-refractivity contribution >= 4 is 5.97 Å². The summed E-state index contributed by atoms with van der Waals surface area (Å²) in [5, 5.41) is 8.91. The second kappa shape index (κ2) is 9.68. The maximum absolute atomic E-state index is 10.8. The highest BCUT2D eigenvalue weighted by molar-refractivity contribution is 5.67. The number of rotatable bonds is 10. The van der Waals surface area contributed by atoms with Gasteiger partial charge in [-0.1, -0.05) is 65.7 Å². The van der Waals surface area contributed by atoms with Crippen molar-refractivity contribution < 1.29 is 9.90 Å². The number of hydrogen-bond donors (Lipinski definition) is 1. The molecule has 0 rings (SSSR count). The van der Waals surface area contributed by atoms with Crippen molar-refractivity contribution in [2.75, 3.05) is 0 Å². The number of carboxylic acid groups (broad SMARTS) is 1. The minimum Gasteiger partial charge on any atom is -0.481 e. The third-order valence-electron chi connectivity index (χ3n) is 3.48. The van der Waals surface area contributed by atoms with Crippen LogP contribution in [0.3, 0.4) is 0 Å². The van der Waals surface area contributed by atoms with E-state index >= 15 is 0 Å². The number of carboxylic acids is 1. The lowest BCUT2D eigenvalue weighted by Crippen LogP contribution is -2.18. The summed E-state index contributed by atoms with van der Waals surface area (Å²) in [5.74, 6) is 0.376. The summed E-state index contributed by atoms with van der Waals surface area (Å²) in [6.07, 6.45) is 8.69. The summed E-state index contributed by atoms with van der Waals surface area (Å²) >= 11 is 0. The minimum absolute atomic E-state index is 0.356. The second-order valence-corrected chi connectivity index (χ2v) is 4.81. The average Bonchev–Trinajstić information content (AvgIpc) is 2.26. The van der Waals surface area contributed by atoms with Gasteiger partial charge in [0, 0.05) is 6.42 Å². The van der Waals surface area contributed by atoms with Gasteiger partial charge < -0.3 is 5.11 Å². The fourth-order valence-corrected chi connectivity index (χ4v) is 2.42. The summed E-state index contributed by atoms with van der Waals surface area (Å²) in [6.45, 7) is 6.53. The molecule has 0 heterocycles. The van der Waals surface area contributed by atoms with Crippen LogP contribution in [0.2, 0.25) is 0 Å². The summed E-state index contributed by atoms with van der Waals surface area (Å²) in [6, 6.07) is 0. The molecule has 0 aromatic carbocycles. The van der Waals surface area contributed by atoms with Crippen molar-refractivity contribution in [3.05, 3.63) is 0 Å². The molecule has 0 spiro atoms. The van der Waals surface area contributed by atoms with E-state index in [1.165, 1.54) is 38.5 Å². The van der Waals surface area contributed by atoms with Crippen molar-refractivity contribution in [1.82, 2.24) is 0 Å². The van der Waals surface area contributed by atoms with Gasteiger partial charge in [-0.25, -0.2) is 0 Å². The molecule has 1 N–H and O–H groups in total. The molecule has 0 aliphatic rings. The van der Waals surface area contributed by atoms with Crippen LogP contribution in [0.15, 0.2) is 0 Å². The van der Waals surface area contributed by atoms with Gasteiger partial charge in [0.2, 0.25) is 0 Å². The molecule has 1 unspecified atom stereocenters. The van der Waals surface area contributed by atoms with Crippen LogP contribution in [0.5, 0.6) is 0 Å². The number of aliphatic carboxylic acids is 1. The molecule has 0 saturated carbocycles. The van der Waals surface area contributed by atoms with Crippen LogP contribution in [0, 0.1) is 11.8 Å². The summed E-state index contributed by atoms with van der Waals surface area (Å²) in [7, 11) is 0. The quantitative estimate of drug-likeness (QED) is 0.598. The van der Waals surface area contributed by atoms with Gasteiger partial charge in [-0.2, -0.15) is 0 Å². The maximum Gasteiger partial charge on any atom is 0.303 e. The van der Waals surface area contributed by atoms with Gasteiger partial charge in [-0.05, 0) is 11.8 Å². The number of carbonyl (C=O) groups is 1. The first-order chi connectivity index (χ1) is 7.65. The summed E-state index contributed by atoms with van der Waals surface area (Å²) in [4.78, 5) is 10.8. The Balaban J connectivity index is 4.23. The molecule has 0 aromatic heterocycles. The van der Waals surface area contributed by atoms with Crippen LogP contribution in [0.25, 0.3) is 0 Å². The van der Waals surface area contributed by atoms with E-state index in [0.717, 1.165) is 6.42 Å². The molecule has 0 amide bonds. The Bertz CT molecular complexity index is 170. The average molecular weight is 228 g/mol. The van der Waals surface area contributed by atoms with E-state index in [-0.39, 0.29) is 0 Å². The van der Waals surface area contributed by atoms with E-state index in [9.17, 15) is 4.79 Å². The third kappa shape index (κ3) is 6.86. The number of unbranched alkanes of at least 4 members (excludes halogenated alkanes) is 2. The van der Waals surface area contributed by atoms with Gasteiger partial charge in [0.1, 0.15) is 0 Å². The van der Waals surface area contributed by atoms with Gasteiger partial charge in [0.25, 0.3) is 0 Å². The van der Waals surface area contributed by atoms with Crippen LogP contribution < -0.4 is 0 Å². The largest absolute Gasteiger partial charge is 0.481 e. The Labute approximate surface area is 100 Å². The fourth-order valence-electron chi connectivity index (χ4n) is 2.42. The van der Waals surface area contributed by atoms with Gasteiger partial charge in [-0.3, -0.25) is 4.79 Å². The van der Waals surface area contributed by atoms with Crippen LogP contribution in [-0.2, 0) is 4.79 Å². The van der Waals surface area contributed by atoms with Crippen molar-refractivity contribution in [3.63, 3.8) is 0 Å². The van der Waals surface area contributed by atoms with Crippen molar-refractivity contribution in [2.45, 2.75) is 72.1 Å². The smallest absolute Gasteiger partial charge is 0.303 e. The standard InChI is InChI=1S/C14H28O2/c1-4-7-9-13(10-8-5-2)12(6-3)11-14(15)16/h12-13H,4-11H2,1-3H3,(H,15,16). The third-order valence-corrected chi connectivity index (χ3v) is 3.48. The minimum atomic E-state index is -0.634. The van der Waals surface area contributed by atoms with E-state index in [1.807, 2.05) is 0 Å². The zero-order valence-corrected chi connectivity index (χ0v) is 11.2. The molecule has 0 radical (unpaired) electrons. The van der Waals surface area contributed by atoms with Crippen LogP contribution in [-0.4, -0.2) is 11.1 Å². The van der Waals surface area contributed by atoms with E-state index in [0.29, 0.717) is 18.3 Å². The van der Waals surface area contributed by atoms with Crippen LogP contribution in [0.4, 0.5) is 0 Å². The van der Waals surface area contributed by atoms with Crippen LogP contribution >= 0.6 is 0 Å². The molecule has 2 nitrogen and oxygen atoms in total. The lowest BCUT2D eigenvalue weighted by Gasteiger charge is -2.25. The van der Waals surface area contributed by atoms with E-state index in [4.69, 9.17) is 5.11 Å². The molecule has 0 aliphatic carbocycles. The molecule has 0 aliphatic heterocycles. The molecule has 16 heavy (non-hydrogen) atoms. The zero-order valence-electron chi connectivity index (χ0n) is 11.2. The van der Waals surface area contributed by atoms with E-state index in [1.54, 1.807) is 0 Å². The summed E-state index contributed by atoms with van der Waals surface area (Å²) in [5.41, 5.74) is 0. The second-order valence-electron chi connectivity index (χ2n) is 4.81. The highest BCUT2D eigenvalue weighted by Crippen LogP contribution is 2.29. The maximum atomic E-state index is 10.8. The van der Waals surface area contributed by atoms with Gasteiger partial charge in [0.15, 0.2) is 0 Å². The van der Waals surface area contributed by atoms with E-state index in [2.05, 4.69) is 20.8 Å².